The lowest BCUT2D eigenvalue weighted by Crippen LogP contribution is -2.37. The number of halogens is 1. The van der Waals surface area contributed by atoms with Crippen LogP contribution in [0, 0.1) is 11.3 Å². The first kappa shape index (κ1) is 12.5. The minimum Gasteiger partial charge on any atom is -0.303 e. The van der Waals surface area contributed by atoms with Crippen molar-refractivity contribution in [3.63, 3.8) is 0 Å². The van der Waals surface area contributed by atoms with Crippen molar-refractivity contribution in [2.24, 2.45) is 11.3 Å². The molecule has 0 radical (unpaired) electrons. The lowest BCUT2D eigenvalue weighted by atomic mass is 9.91. The van der Waals surface area contributed by atoms with Crippen molar-refractivity contribution < 1.29 is 0 Å². The molecule has 1 nitrogen and oxygen atoms in total. The molecule has 14 heavy (non-hydrogen) atoms. The number of alkyl halides is 1. The molecule has 0 aromatic heterocycles. The summed E-state index contributed by atoms with van der Waals surface area (Å²) in [7, 11) is 0. The monoisotopic (exact) mass is 261 g/mol. The van der Waals surface area contributed by atoms with E-state index in [1.54, 1.807) is 0 Å². The predicted molar refractivity (Wildman–Crippen MR) is 67.0 cm³/mol. The molecule has 0 amide bonds. The van der Waals surface area contributed by atoms with Gasteiger partial charge < -0.3 is 4.90 Å². The van der Waals surface area contributed by atoms with Crippen LogP contribution >= 0.6 is 15.9 Å². The molecular formula is C12H24BrN. The van der Waals surface area contributed by atoms with Gasteiger partial charge in [-0.05, 0) is 43.7 Å². The molecule has 1 aliphatic heterocycles. The zero-order valence-electron chi connectivity index (χ0n) is 9.85. The third kappa shape index (κ3) is 4.79. The quantitative estimate of drug-likeness (QED) is 0.703. The normalized spacial score (nSPS) is 25.3. The van der Waals surface area contributed by atoms with E-state index < -0.39 is 0 Å². The molecule has 1 atom stereocenters. The van der Waals surface area contributed by atoms with E-state index in [0.717, 1.165) is 5.92 Å². The Labute approximate surface area is 97.4 Å². The SMILES string of the molecule is CC(C)(C)CCN1CCCC(CBr)C1. The first-order valence-electron chi connectivity index (χ1n) is 5.79. The van der Waals surface area contributed by atoms with Gasteiger partial charge in [-0.3, -0.25) is 0 Å². The summed E-state index contributed by atoms with van der Waals surface area (Å²) in [6, 6.07) is 0. The topological polar surface area (TPSA) is 3.24 Å². The molecule has 0 spiro atoms. The molecule has 1 unspecified atom stereocenters. The van der Waals surface area contributed by atoms with Gasteiger partial charge in [-0.15, -0.1) is 0 Å². The number of nitrogens with zero attached hydrogens (tertiary/aromatic N) is 1. The van der Waals surface area contributed by atoms with E-state index in [4.69, 9.17) is 0 Å². The molecule has 0 aliphatic carbocycles. The average molecular weight is 262 g/mol. The zero-order valence-corrected chi connectivity index (χ0v) is 11.4. The molecular weight excluding hydrogens is 238 g/mol. The van der Waals surface area contributed by atoms with E-state index >= 15 is 0 Å². The molecule has 2 heteroatoms. The molecule has 0 aromatic rings. The molecule has 1 fully saturated rings. The highest BCUT2D eigenvalue weighted by molar-refractivity contribution is 9.09. The highest BCUT2D eigenvalue weighted by atomic mass is 79.9. The maximum absolute atomic E-state index is 3.60. The van der Waals surface area contributed by atoms with Gasteiger partial charge >= 0.3 is 0 Å². The van der Waals surface area contributed by atoms with Gasteiger partial charge in [0.2, 0.25) is 0 Å². The van der Waals surface area contributed by atoms with Crippen LogP contribution < -0.4 is 0 Å². The van der Waals surface area contributed by atoms with Crippen molar-refractivity contribution in [2.75, 3.05) is 25.0 Å². The second-order valence-electron chi connectivity index (χ2n) is 5.77. The average Bonchev–Trinajstić information content (AvgIpc) is 2.14. The van der Waals surface area contributed by atoms with Gasteiger partial charge in [0.1, 0.15) is 0 Å². The Balaban J connectivity index is 2.24. The molecule has 0 saturated carbocycles. The summed E-state index contributed by atoms with van der Waals surface area (Å²) >= 11 is 3.60. The first-order chi connectivity index (χ1) is 6.51. The fourth-order valence-electron chi connectivity index (χ4n) is 1.97. The number of hydrogen-bond donors (Lipinski definition) is 0. The highest BCUT2D eigenvalue weighted by Gasteiger charge is 2.20. The number of hydrogen-bond acceptors (Lipinski definition) is 1. The van der Waals surface area contributed by atoms with Gasteiger partial charge in [-0.2, -0.15) is 0 Å². The Bertz CT molecular complexity index is 162. The molecule has 1 rings (SSSR count). The Hall–Kier alpha value is 0.440. The third-order valence-electron chi connectivity index (χ3n) is 3.00. The smallest absolute Gasteiger partial charge is 0.00718 e. The van der Waals surface area contributed by atoms with E-state index in [0.29, 0.717) is 5.41 Å². The lowest BCUT2D eigenvalue weighted by molar-refractivity contribution is 0.164. The summed E-state index contributed by atoms with van der Waals surface area (Å²) in [5.74, 6) is 0.892. The maximum atomic E-state index is 3.60. The van der Waals surface area contributed by atoms with Crippen LogP contribution in [0.2, 0.25) is 0 Å². The summed E-state index contributed by atoms with van der Waals surface area (Å²) < 4.78 is 0. The fourth-order valence-corrected chi connectivity index (χ4v) is 2.50. The van der Waals surface area contributed by atoms with Crippen LogP contribution in [-0.4, -0.2) is 29.9 Å². The molecule has 0 aromatic carbocycles. The zero-order chi connectivity index (χ0) is 10.6. The third-order valence-corrected chi connectivity index (χ3v) is 3.92. The largest absolute Gasteiger partial charge is 0.303 e. The summed E-state index contributed by atoms with van der Waals surface area (Å²) in [5.41, 5.74) is 0.487. The van der Waals surface area contributed by atoms with Crippen molar-refractivity contribution >= 4 is 15.9 Å². The van der Waals surface area contributed by atoms with Crippen molar-refractivity contribution in [1.29, 1.82) is 0 Å². The van der Waals surface area contributed by atoms with Crippen LogP contribution in [-0.2, 0) is 0 Å². The highest BCUT2D eigenvalue weighted by Crippen LogP contribution is 2.22. The molecule has 0 N–H and O–H groups in total. The van der Waals surface area contributed by atoms with Gasteiger partial charge in [0.05, 0.1) is 0 Å². The summed E-state index contributed by atoms with van der Waals surface area (Å²) in [6.07, 6.45) is 4.12. The van der Waals surface area contributed by atoms with Crippen LogP contribution in [0.4, 0.5) is 0 Å². The predicted octanol–water partition coefficient (Wildman–Crippen LogP) is 3.53. The van der Waals surface area contributed by atoms with Crippen LogP contribution in [0.5, 0.6) is 0 Å². The fraction of sp³-hybridized carbons (Fsp3) is 1.00. The van der Waals surface area contributed by atoms with Crippen molar-refractivity contribution in [3.05, 3.63) is 0 Å². The van der Waals surface area contributed by atoms with Crippen LogP contribution in [0.3, 0.4) is 0 Å². The lowest BCUT2D eigenvalue weighted by Gasteiger charge is -2.33. The van der Waals surface area contributed by atoms with Crippen LogP contribution in [0.1, 0.15) is 40.0 Å². The summed E-state index contributed by atoms with van der Waals surface area (Å²) in [5, 5.41) is 1.18. The van der Waals surface area contributed by atoms with Gasteiger partial charge in [-0.1, -0.05) is 36.7 Å². The minimum absolute atomic E-state index is 0.487. The van der Waals surface area contributed by atoms with Crippen LogP contribution in [0.25, 0.3) is 0 Å². The molecule has 1 aliphatic rings. The van der Waals surface area contributed by atoms with E-state index in [1.165, 1.54) is 44.2 Å². The number of rotatable bonds is 3. The maximum Gasteiger partial charge on any atom is 0.00718 e. The van der Waals surface area contributed by atoms with E-state index in [2.05, 4.69) is 41.6 Å². The summed E-state index contributed by atoms with van der Waals surface area (Å²) in [4.78, 5) is 2.64. The molecule has 0 bridgehead atoms. The van der Waals surface area contributed by atoms with Crippen molar-refractivity contribution in [2.45, 2.75) is 40.0 Å². The summed E-state index contributed by atoms with van der Waals surface area (Å²) in [6.45, 7) is 10.9. The van der Waals surface area contributed by atoms with Crippen LogP contribution in [0.15, 0.2) is 0 Å². The molecule has 84 valence electrons. The van der Waals surface area contributed by atoms with Gasteiger partial charge in [0, 0.05) is 11.9 Å². The first-order valence-corrected chi connectivity index (χ1v) is 6.92. The standard InChI is InChI=1S/C12H24BrN/c1-12(2,3)6-8-14-7-4-5-11(9-13)10-14/h11H,4-10H2,1-3H3. The van der Waals surface area contributed by atoms with E-state index in [1.807, 2.05) is 0 Å². The number of likely N-dealkylation sites (tertiary alicyclic amines) is 1. The second kappa shape index (κ2) is 5.50. The van der Waals surface area contributed by atoms with Gasteiger partial charge in [-0.25, -0.2) is 0 Å². The Kier molecular flexibility index (Phi) is 4.92. The van der Waals surface area contributed by atoms with Gasteiger partial charge in [0.25, 0.3) is 0 Å². The van der Waals surface area contributed by atoms with Crippen molar-refractivity contribution in [1.82, 2.24) is 4.90 Å². The van der Waals surface area contributed by atoms with Gasteiger partial charge in [0.15, 0.2) is 0 Å². The molecule has 1 heterocycles. The Morgan fingerprint density at radius 3 is 2.64 bits per heavy atom. The second-order valence-corrected chi connectivity index (χ2v) is 6.42. The Morgan fingerprint density at radius 1 is 1.36 bits per heavy atom. The Morgan fingerprint density at radius 2 is 2.07 bits per heavy atom. The van der Waals surface area contributed by atoms with E-state index in [9.17, 15) is 0 Å². The molecule has 1 saturated heterocycles. The minimum atomic E-state index is 0.487. The van der Waals surface area contributed by atoms with E-state index in [-0.39, 0.29) is 0 Å². The number of piperidine rings is 1. The van der Waals surface area contributed by atoms with Crippen molar-refractivity contribution in [3.8, 4) is 0 Å².